The number of Topliss-reactive ketones (excluding diaryl/α,β-unsaturated/α-hetero) is 1. The van der Waals surface area contributed by atoms with Crippen LogP contribution in [0, 0.1) is 0 Å². The summed E-state index contributed by atoms with van der Waals surface area (Å²) in [6.45, 7) is 3.78. The molecule has 2 rings (SSSR count). The Morgan fingerprint density at radius 1 is 1.19 bits per heavy atom. The van der Waals surface area contributed by atoms with Crippen molar-refractivity contribution in [3.8, 4) is 0 Å². The average Bonchev–Trinajstić information content (AvgIpc) is 2.93. The second kappa shape index (κ2) is 6.51. The summed E-state index contributed by atoms with van der Waals surface area (Å²) in [5, 5.41) is 1.96. The molecule has 6 heteroatoms. The van der Waals surface area contributed by atoms with Gasteiger partial charge in [-0.25, -0.2) is 13.1 Å². The highest BCUT2D eigenvalue weighted by Crippen LogP contribution is 2.18. The fourth-order valence-electron chi connectivity index (χ4n) is 1.95. The Morgan fingerprint density at radius 2 is 1.86 bits per heavy atom. The molecule has 0 aliphatic carbocycles. The van der Waals surface area contributed by atoms with Gasteiger partial charge in [0.15, 0.2) is 5.78 Å². The molecule has 0 radical (unpaired) electrons. The molecule has 0 bridgehead atoms. The van der Waals surface area contributed by atoms with Crippen LogP contribution in [-0.2, 0) is 23.0 Å². The van der Waals surface area contributed by atoms with Crippen LogP contribution in [0.4, 0.5) is 0 Å². The molecule has 1 N–H and O–H groups in total. The van der Waals surface area contributed by atoms with Gasteiger partial charge in [0.25, 0.3) is 0 Å². The molecule has 0 unspecified atom stereocenters. The Labute approximate surface area is 128 Å². The van der Waals surface area contributed by atoms with Crippen LogP contribution in [0.3, 0.4) is 0 Å². The third-order valence-corrected chi connectivity index (χ3v) is 5.59. The first-order valence-electron chi connectivity index (χ1n) is 6.60. The van der Waals surface area contributed by atoms with E-state index in [0.29, 0.717) is 5.56 Å². The third kappa shape index (κ3) is 3.78. The minimum absolute atomic E-state index is 0.0851. The summed E-state index contributed by atoms with van der Waals surface area (Å²) in [7, 11) is -3.56. The summed E-state index contributed by atoms with van der Waals surface area (Å²) in [4.78, 5) is 12.4. The number of nitrogens with one attached hydrogen (secondary N) is 1. The van der Waals surface area contributed by atoms with Crippen molar-refractivity contribution in [2.24, 2.45) is 0 Å². The van der Waals surface area contributed by atoms with E-state index in [1.807, 2.05) is 18.4 Å². The molecule has 1 aromatic carbocycles. The van der Waals surface area contributed by atoms with Gasteiger partial charge in [-0.3, -0.25) is 4.79 Å². The Hall–Kier alpha value is -1.50. The van der Waals surface area contributed by atoms with Crippen molar-refractivity contribution in [1.29, 1.82) is 0 Å². The molecule has 0 aliphatic rings. The van der Waals surface area contributed by atoms with Gasteiger partial charge >= 0.3 is 0 Å². The maximum Gasteiger partial charge on any atom is 0.240 e. The van der Waals surface area contributed by atoms with Crippen molar-refractivity contribution in [2.75, 3.05) is 0 Å². The molecule has 0 amide bonds. The number of aryl methyl sites for hydroxylation is 1. The van der Waals surface area contributed by atoms with Gasteiger partial charge in [0.05, 0.1) is 4.90 Å². The van der Waals surface area contributed by atoms with Gasteiger partial charge in [-0.15, -0.1) is 11.3 Å². The molecule has 0 fully saturated rings. The van der Waals surface area contributed by atoms with Gasteiger partial charge in [0, 0.05) is 17.0 Å². The van der Waals surface area contributed by atoms with Gasteiger partial charge in [-0.1, -0.05) is 19.1 Å². The van der Waals surface area contributed by atoms with Gasteiger partial charge in [0.2, 0.25) is 10.0 Å². The van der Waals surface area contributed by atoms with Gasteiger partial charge in [-0.2, -0.15) is 0 Å². The van der Waals surface area contributed by atoms with E-state index in [0.717, 1.165) is 16.9 Å². The van der Waals surface area contributed by atoms with Gasteiger partial charge < -0.3 is 0 Å². The molecule has 21 heavy (non-hydrogen) atoms. The maximum atomic E-state index is 12.2. The number of ketones is 1. The van der Waals surface area contributed by atoms with E-state index >= 15 is 0 Å². The second-order valence-corrected chi connectivity index (χ2v) is 7.40. The van der Waals surface area contributed by atoms with Crippen molar-refractivity contribution >= 4 is 27.1 Å². The number of rotatable bonds is 6. The van der Waals surface area contributed by atoms with Crippen molar-refractivity contribution in [1.82, 2.24) is 4.72 Å². The average molecular weight is 323 g/mol. The van der Waals surface area contributed by atoms with Crippen LogP contribution < -0.4 is 4.72 Å². The van der Waals surface area contributed by atoms with Crippen LogP contribution in [0.5, 0.6) is 0 Å². The molecular formula is C15H17NO3S2. The van der Waals surface area contributed by atoms with E-state index in [9.17, 15) is 13.2 Å². The van der Waals surface area contributed by atoms with Gasteiger partial charge in [-0.05, 0) is 42.5 Å². The van der Waals surface area contributed by atoms with Crippen LogP contribution in [0.25, 0.3) is 0 Å². The van der Waals surface area contributed by atoms with Crippen LogP contribution in [0.15, 0.2) is 40.6 Å². The fraction of sp³-hybridized carbons (Fsp3) is 0.267. The molecule has 112 valence electrons. The molecule has 0 spiro atoms. The number of sulfonamides is 1. The lowest BCUT2D eigenvalue weighted by Crippen LogP contribution is -2.23. The van der Waals surface area contributed by atoms with E-state index in [-0.39, 0.29) is 17.2 Å². The zero-order chi connectivity index (χ0) is 15.5. The summed E-state index contributed by atoms with van der Waals surface area (Å²) in [6, 6.07) is 7.97. The smallest absolute Gasteiger partial charge is 0.240 e. The van der Waals surface area contributed by atoms with E-state index in [4.69, 9.17) is 0 Å². The van der Waals surface area contributed by atoms with Crippen LogP contribution >= 0.6 is 11.3 Å². The molecule has 0 saturated carbocycles. The van der Waals surface area contributed by atoms with Crippen molar-refractivity contribution < 1.29 is 13.2 Å². The fourth-order valence-corrected chi connectivity index (χ4v) is 3.95. The first kappa shape index (κ1) is 15.9. The van der Waals surface area contributed by atoms with Crippen molar-refractivity contribution in [3.05, 3.63) is 51.7 Å². The number of hydrogen-bond acceptors (Lipinski definition) is 4. The summed E-state index contributed by atoms with van der Waals surface area (Å²) < 4.78 is 27.0. The number of benzene rings is 1. The lowest BCUT2D eigenvalue weighted by molar-refractivity contribution is 0.101. The lowest BCUT2D eigenvalue weighted by Gasteiger charge is -2.07. The quantitative estimate of drug-likeness (QED) is 0.831. The summed E-state index contributed by atoms with van der Waals surface area (Å²) in [6.07, 6.45) is 0.883. The van der Waals surface area contributed by atoms with E-state index in [2.05, 4.69) is 4.72 Å². The molecule has 0 aliphatic heterocycles. The normalized spacial score (nSPS) is 11.5. The molecular weight excluding hydrogens is 306 g/mol. The lowest BCUT2D eigenvalue weighted by atomic mass is 10.2. The molecule has 1 aromatic heterocycles. The van der Waals surface area contributed by atoms with E-state index in [1.165, 1.54) is 31.2 Å². The summed E-state index contributed by atoms with van der Waals surface area (Å²) >= 11 is 1.54. The summed E-state index contributed by atoms with van der Waals surface area (Å²) in [5.41, 5.74) is 1.66. The zero-order valence-electron chi connectivity index (χ0n) is 11.9. The van der Waals surface area contributed by atoms with Crippen molar-refractivity contribution in [3.63, 3.8) is 0 Å². The predicted molar refractivity (Wildman–Crippen MR) is 84.2 cm³/mol. The minimum atomic E-state index is -3.56. The van der Waals surface area contributed by atoms with Crippen LogP contribution in [-0.4, -0.2) is 14.2 Å². The Morgan fingerprint density at radius 3 is 2.43 bits per heavy atom. The monoisotopic (exact) mass is 323 g/mol. The zero-order valence-corrected chi connectivity index (χ0v) is 13.6. The molecule has 1 heterocycles. The number of carbonyl (C=O) groups excluding carboxylic acids is 1. The van der Waals surface area contributed by atoms with E-state index < -0.39 is 10.0 Å². The van der Waals surface area contributed by atoms with Crippen molar-refractivity contribution in [2.45, 2.75) is 31.7 Å². The summed E-state index contributed by atoms with van der Waals surface area (Å²) in [5.74, 6) is -0.0851. The largest absolute Gasteiger partial charge is 0.295 e. The highest BCUT2D eigenvalue weighted by atomic mass is 32.2. The Balaban J connectivity index is 2.13. The predicted octanol–water partition coefficient (Wildman–Crippen LogP) is 2.99. The SMILES string of the molecule is CCc1ccsc1CNS(=O)(=O)c1ccc(C(C)=O)cc1. The highest BCUT2D eigenvalue weighted by Gasteiger charge is 2.15. The van der Waals surface area contributed by atoms with Crippen LogP contribution in [0.1, 0.15) is 34.6 Å². The highest BCUT2D eigenvalue weighted by molar-refractivity contribution is 7.89. The Bertz CT molecular complexity index is 731. The topological polar surface area (TPSA) is 63.2 Å². The molecule has 0 atom stereocenters. The number of carbonyl (C=O) groups is 1. The number of thiophene rings is 1. The van der Waals surface area contributed by atoms with E-state index in [1.54, 1.807) is 11.3 Å². The minimum Gasteiger partial charge on any atom is -0.295 e. The molecule has 0 saturated heterocycles. The van der Waals surface area contributed by atoms with Gasteiger partial charge in [0.1, 0.15) is 0 Å². The standard InChI is InChI=1S/C15H17NO3S2/c1-3-12-8-9-20-15(12)10-16-21(18,19)14-6-4-13(5-7-14)11(2)17/h4-9,16H,3,10H2,1-2H3. The molecule has 4 nitrogen and oxygen atoms in total. The van der Waals surface area contributed by atoms with Crippen LogP contribution in [0.2, 0.25) is 0 Å². The Kier molecular flexibility index (Phi) is 4.92. The first-order chi connectivity index (χ1) is 9.94. The molecule has 2 aromatic rings. The first-order valence-corrected chi connectivity index (χ1v) is 8.96. The third-order valence-electron chi connectivity index (χ3n) is 3.21. The second-order valence-electron chi connectivity index (χ2n) is 4.63. The maximum absolute atomic E-state index is 12.2. The number of hydrogen-bond donors (Lipinski definition) is 1.